The van der Waals surface area contributed by atoms with Crippen molar-refractivity contribution in [3.63, 3.8) is 0 Å². The van der Waals surface area contributed by atoms with Gasteiger partial charge < -0.3 is 11.1 Å². The fourth-order valence-electron chi connectivity index (χ4n) is 1.48. The molecule has 0 heterocycles. The minimum atomic E-state index is -0.0657. The highest BCUT2D eigenvalue weighted by Crippen LogP contribution is 2.20. The lowest BCUT2D eigenvalue weighted by atomic mass is 10.3. The second-order valence-corrected chi connectivity index (χ2v) is 5.40. The van der Waals surface area contributed by atoms with Crippen LogP contribution in [0.15, 0.2) is 53.4 Å². The zero-order valence-corrected chi connectivity index (χ0v) is 11.7. The predicted molar refractivity (Wildman–Crippen MR) is 81.7 cm³/mol. The highest BCUT2D eigenvalue weighted by Gasteiger charge is 2.04. The number of halogens is 1. The van der Waals surface area contributed by atoms with E-state index in [1.54, 1.807) is 24.3 Å². The fourth-order valence-corrected chi connectivity index (χ4v) is 2.36. The van der Waals surface area contributed by atoms with Crippen molar-refractivity contribution in [1.82, 2.24) is 0 Å². The molecule has 0 aromatic heterocycles. The third-order valence-electron chi connectivity index (χ3n) is 2.36. The van der Waals surface area contributed by atoms with Gasteiger partial charge in [0.1, 0.15) is 0 Å². The molecule has 0 aliphatic rings. The Morgan fingerprint density at radius 3 is 2.63 bits per heavy atom. The van der Waals surface area contributed by atoms with Crippen LogP contribution in [-0.2, 0) is 4.79 Å². The van der Waals surface area contributed by atoms with E-state index in [0.717, 1.165) is 4.90 Å². The highest BCUT2D eigenvalue weighted by atomic mass is 35.5. The van der Waals surface area contributed by atoms with Crippen LogP contribution in [0.25, 0.3) is 0 Å². The topological polar surface area (TPSA) is 55.1 Å². The third-order valence-corrected chi connectivity index (χ3v) is 3.61. The lowest BCUT2D eigenvalue weighted by molar-refractivity contribution is -0.113. The molecule has 98 valence electrons. The van der Waals surface area contributed by atoms with Crippen LogP contribution in [0.5, 0.6) is 0 Å². The van der Waals surface area contributed by atoms with Gasteiger partial charge in [0.2, 0.25) is 5.91 Å². The molecule has 0 atom stereocenters. The van der Waals surface area contributed by atoms with Crippen molar-refractivity contribution in [2.24, 2.45) is 0 Å². The Morgan fingerprint density at radius 1 is 1.21 bits per heavy atom. The van der Waals surface area contributed by atoms with Crippen molar-refractivity contribution in [2.75, 3.05) is 16.8 Å². The molecule has 3 nitrogen and oxygen atoms in total. The number of benzene rings is 2. The zero-order chi connectivity index (χ0) is 13.7. The maximum Gasteiger partial charge on any atom is 0.234 e. The molecule has 0 fully saturated rings. The van der Waals surface area contributed by atoms with Crippen molar-refractivity contribution in [3.05, 3.63) is 53.6 Å². The molecule has 0 saturated heterocycles. The number of thioether (sulfide) groups is 1. The molecule has 3 N–H and O–H groups in total. The Kier molecular flexibility index (Phi) is 4.71. The fraction of sp³-hybridized carbons (Fsp3) is 0.0714. The van der Waals surface area contributed by atoms with Gasteiger partial charge in [-0.15, -0.1) is 11.8 Å². The number of hydrogen-bond acceptors (Lipinski definition) is 3. The van der Waals surface area contributed by atoms with Crippen LogP contribution in [0.2, 0.25) is 5.02 Å². The van der Waals surface area contributed by atoms with Gasteiger partial charge in [0.15, 0.2) is 0 Å². The molecule has 2 aromatic carbocycles. The molecule has 2 aromatic rings. The van der Waals surface area contributed by atoms with Crippen molar-refractivity contribution in [3.8, 4) is 0 Å². The summed E-state index contributed by atoms with van der Waals surface area (Å²) >= 11 is 7.31. The predicted octanol–water partition coefficient (Wildman–Crippen LogP) is 3.65. The van der Waals surface area contributed by atoms with Gasteiger partial charge in [-0.3, -0.25) is 4.79 Å². The van der Waals surface area contributed by atoms with E-state index < -0.39 is 0 Å². The first-order valence-electron chi connectivity index (χ1n) is 5.67. The molecule has 0 aliphatic heterocycles. The maximum atomic E-state index is 11.8. The summed E-state index contributed by atoms with van der Waals surface area (Å²) in [6.45, 7) is 0. The molecule has 0 saturated carbocycles. The van der Waals surface area contributed by atoms with Gasteiger partial charge in [0, 0.05) is 21.3 Å². The number of nitrogen functional groups attached to an aromatic ring is 1. The quantitative estimate of drug-likeness (QED) is 0.668. The van der Waals surface area contributed by atoms with Crippen molar-refractivity contribution >= 4 is 40.6 Å². The molecule has 5 heteroatoms. The van der Waals surface area contributed by atoms with Crippen molar-refractivity contribution in [1.29, 1.82) is 0 Å². The first-order valence-corrected chi connectivity index (χ1v) is 7.03. The number of rotatable bonds is 4. The van der Waals surface area contributed by atoms with Gasteiger partial charge in [-0.05, 0) is 42.5 Å². The summed E-state index contributed by atoms with van der Waals surface area (Å²) in [4.78, 5) is 12.8. The van der Waals surface area contributed by atoms with Gasteiger partial charge in [-0.1, -0.05) is 17.7 Å². The Labute approximate surface area is 121 Å². The van der Waals surface area contributed by atoms with E-state index in [2.05, 4.69) is 5.32 Å². The Morgan fingerprint density at radius 2 is 1.95 bits per heavy atom. The number of anilines is 2. The second-order valence-electron chi connectivity index (χ2n) is 3.92. The number of nitrogens with one attached hydrogen (secondary N) is 1. The average Bonchev–Trinajstić information content (AvgIpc) is 2.38. The van der Waals surface area contributed by atoms with Gasteiger partial charge in [0.25, 0.3) is 0 Å². The largest absolute Gasteiger partial charge is 0.399 e. The van der Waals surface area contributed by atoms with Crippen LogP contribution in [0.3, 0.4) is 0 Å². The van der Waals surface area contributed by atoms with Gasteiger partial charge >= 0.3 is 0 Å². The van der Waals surface area contributed by atoms with E-state index in [-0.39, 0.29) is 5.91 Å². The van der Waals surface area contributed by atoms with E-state index in [1.165, 1.54) is 11.8 Å². The minimum Gasteiger partial charge on any atom is -0.399 e. The summed E-state index contributed by atoms with van der Waals surface area (Å²) in [5, 5.41) is 3.40. The summed E-state index contributed by atoms with van der Waals surface area (Å²) in [7, 11) is 0. The van der Waals surface area contributed by atoms with E-state index in [4.69, 9.17) is 17.3 Å². The van der Waals surface area contributed by atoms with Gasteiger partial charge in [-0.25, -0.2) is 0 Å². The number of amides is 1. The van der Waals surface area contributed by atoms with Crippen LogP contribution in [-0.4, -0.2) is 11.7 Å². The number of hydrogen-bond donors (Lipinski definition) is 2. The normalized spacial score (nSPS) is 10.2. The lowest BCUT2D eigenvalue weighted by Crippen LogP contribution is -2.13. The van der Waals surface area contributed by atoms with E-state index >= 15 is 0 Å². The third kappa shape index (κ3) is 4.50. The molecule has 0 aliphatic carbocycles. The van der Waals surface area contributed by atoms with E-state index in [1.807, 2.05) is 24.3 Å². The SMILES string of the molecule is Nc1ccc(SCC(=O)Nc2cccc(Cl)c2)cc1. The summed E-state index contributed by atoms with van der Waals surface area (Å²) in [5.41, 5.74) is 7.02. The smallest absolute Gasteiger partial charge is 0.234 e. The number of carbonyl (C=O) groups is 1. The summed E-state index contributed by atoms with van der Waals surface area (Å²) in [5.74, 6) is 0.278. The Hall–Kier alpha value is -1.65. The van der Waals surface area contributed by atoms with Crippen molar-refractivity contribution in [2.45, 2.75) is 4.90 Å². The highest BCUT2D eigenvalue weighted by molar-refractivity contribution is 8.00. The minimum absolute atomic E-state index is 0.0657. The van der Waals surface area contributed by atoms with E-state index in [0.29, 0.717) is 22.2 Å². The van der Waals surface area contributed by atoms with Gasteiger partial charge in [-0.2, -0.15) is 0 Å². The molecule has 1 amide bonds. The summed E-state index contributed by atoms with van der Waals surface area (Å²) < 4.78 is 0. The molecule has 2 rings (SSSR count). The molecule has 0 bridgehead atoms. The molecule has 19 heavy (non-hydrogen) atoms. The second kappa shape index (κ2) is 6.50. The number of carbonyl (C=O) groups excluding carboxylic acids is 1. The van der Waals surface area contributed by atoms with Crippen LogP contribution in [0.1, 0.15) is 0 Å². The molecule has 0 spiro atoms. The first-order chi connectivity index (χ1) is 9.13. The van der Waals surface area contributed by atoms with E-state index in [9.17, 15) is 4.79 Å². The Bertz CT molecular complexity index is 572. The first kappa shape index (κ1) is 13.8. The number of nitrogens with two attached hydrogens (primary N) is 1. The molecule has 0 radical (unpaired) electrons. The van der Waals surface area contributed by atoms with Crippen LogP contribution in [0, 0.1) is 0 Å². The van der Waals surface area contributed by atoms with Crippen molar-refractivity contribution < 1.29 is 4.79 Å². The standard InChI is InChI=1S/C14H13ClN2OS/c15-10-2-1-3-12(8-10)17-14(18)9-19-13-6-4-11(16)5-7-13/h1-8H,9,16H2,(H,17,18). The molecular formula is C14H13ClN2OS. The maximum absolute atomic E-state index is 11.8. The molecule has 0 unspecified atom stereocenters. The summed E-state index contributed by atoms with van der Waals surface area (Å²) in [6, 6.07) is 14.5. The van der Waals surface area contributed by atoms with Crippen LogP contribution in [0.4, 0.5) is 11.4 Å². The van der Waals surface area contributed by atoms with Crippen LogP contribution >= 0.6 is 23.4 Å². The van der Waals surface area contributed by atoms with Gasteiger partial charge in [0.05, 0.1) is 5.75 Å². The lowest BCUT2D eigenvalue weighted by Gasteiger charge is -2.05. The zero-order valence-electron chi connectivity index (χ0n) is 10.1. The monoisotopic (exact) mass is 292 g/mol. The summed E-state index contributed by atoms with van der Waals surface area (Å²) in [6.07, 6.45) is 0. The van der Waals surface area contributed by atoms with Crippen LogP contribution < -0.4 is 11.1 Å². The molecular weight excluding hydrogens is 280 g/mol. The Balaban J connectivity index is 1.86. The average molecular weight is 293 g/mol.